The van der Waals surface area contributed by atoms with Gasteiger partial charge in [-0.05, 0) is 80.7 Å². The zero-order valence-corrected chi connectivity index (χ0v) is 40.0. The van der Waals surface area contributed by atoms with Gasteiger partial charge in [-0.2, -0.15) is 0 Å². The number of nitrogens with zero attached hydrogens (tertiary/aromatic N) is 3. The predicted molar refractivity (Wildman–Crippen MR) is 243 cm³/mol. The maximum atomic E-state index is 14.9. The summed E-state index contributed by atoms with van der Waals surface area (Å²) in [6.45, 7) is 18.4. The molecule has 2 aliphatic rings. The topological polar surface area (TPSA) is 196 Å². The Balaban J connectivity index is 1.68. The molecule has 1 fully saturated rings. The molecule has 16 nitrogen and oxygen atoms in total. The molecule has 0 spiro atoms. The van der Waals surface area contributed by atoms with Crippen LogP contribution in [0.5, 0.6) is 0 Å². The molecule has 6 amide bonds. The normalized spacial score (nSPS) is 19.0. The summed E-state index contributed by atoms with van der Waals surface area (Å²) in [6, 6.07) is 11.1. The minimum Gasteiger partial charge on any atom is -0.467 e. The van der Waals surface area contributed by atoms with E-state index in [1.807, 2.05) is 76.2 Å². The van der Waals surface area contributed by atoms with Gasteiger partial charge in [-0.25, -0.2) is 9.59 Å². The van der Waals surface area contributed by atoms with Gasteiger partial charge in [0.25, 0.3) is 0 Å². The van der Waals surface area contributed by atoms with Crippen molar-refractivity contribution in [1.82, 2.24) is 36.0 Å². The van der Waals surface area contributed by atoms with Gasteiger partial charge in [-0.1, -0.05) is 90.1 Å². The van der Waals surface area contributed by atoms with Gasteiger partial charge in [-0.15, -0.1) is 0 Å². The number of likely N-dealkylation sites (tertiary alicyclic amines) is 1. The summed E-state index contributed by atoms with van der Waals surface area (Å²) in [5, 5.41) is 11.5. The number of methoxy groups -OCH3 is 1. The zero-order valence-electron chi connectivity index (χ0n) is 40.0. The lowest BCUT2D eigenvalue weighted by Gasteiger charge is -2.40. The first-order chi connectivity index (χ1) is 29.7. The van der Waals surface area contributed by atoms with Gasteiger partial charge in [-0.3, -0.25) is 24.0 Å². The molecule has 4 N–H and O–H groups in total. The largest absolute Gasteiger partial charge is 0.467 e. The molecule has 2 aromatic rings. The highest BCUT2D eigenvalue weighted by atomic mass is 16.6. The van der Waals surface area contributed by atoms with Gasteiger partial charge in [0, 0.05) is 38.5 Å². The molecule has 0 bridgehead atoms. The van der Waals surface area contributed by atoms with E-state index in [0.717, 1.165) is 27.2 Å². The van der Waals surface area contributed by atoms with Crippen LogP contribution in [-0.2, 0) is 57.6 Å². The van der Waals surface area contributed by atoms with E-state index >= 15 is 0 Å². The molecule has 64 heavy (non-hydrogen) atoms. The minimum atomic E-state index is -1.12. The van der Waals surface area contributed by atoms with Gasteiger partial charge >= 0.3 is 12.1 Å². The molecule has 352 valence electrons. The maximum Gasteiger partial charge on any atom is 0.410 e. The molecule has 2 heterocycles. The van der Waals surface area contributed by atoms with Crippen molar-refractivity contribution in [2.75, 3.05) is 40.8 Å². The molecule has 0 radical (unpaired) electrons. The average molecular weight is 890 g/mol. The number of carbonyl (C=O) groups excluding carboxylic acids is 7. The number of nitrogens with one attached hydrogen (secondary N) is 4. The van der Waals surface area contributed by atoms with Crippen LogP contribution in [0.2, 0.25) is 0 Å². The summed E-state index contributed by atoms with van der Waals surface area (Å²) in [5.41, 5.74) is 1.46. The Kier molecular flexibility index (Phi) is 16.8. The van der Waals surface area contributed by atoms with E-state index in [1.54, 1.807) is 53.5 Å². The number of hydrogen-bond acceptors (Lipinski definition) is 10. The summed E-state index contributed by atoms with van der Waals surface area (Å²) in [5.74, 6) is -3.10. The molecule has 0 saturated carbocycles. The van der Waals surface area contributed by atoms with Crippen LogP contribution in [0.3, 0.4) is 0 Å². The van der Waals surface area contributed by atoms with Crippen LogP contribution in [0, 0.1) is 10.8 Å². The molecule has 1 saturated heterocycles. The molecule has 4 rings (SSSR count). The summed E-state index contributed by atoms with van der Waals surface area (Å²) >= 11 is 0. The second-order valence-corrected chi connectivity index (χ2v) is 20.4. The van der Waals surface area contributed by atoms with Crippen LogP contribution in [0.25, 0.3) is 0 Å². The third-order valence-electron chi connectivity index (χ3n) is 11.6. The van der Waals surface area contributed by atoms with Crippen molar-refractivity contribution in [2.24, 2.45) is 10.8 Å². The number of esters is 1. The van der Waals surface area contributed by atoms with Crippen molar-refractivity contribution in [3.63, 3.8) is 0 Å². The van der Waals surface area contributed by atoms with E-state index in [4.69, 9.17) is 9.47 Å². The van der Waals surface area contributed by atoms with Crippen molar-refractivity contribution >= 4 is 41.6 Å². The lowest BCUT2D eigenvalue weighted by atomic mass is 9.84. The summed E-state index contributed by atoms with van der Waals surface area (Å²) in [4.78, 5) is 100. The summed E-state index contributed by atoms with van der Waals surface area (Å²) < 4.78 is 10.5. The molecule has 6 atom stereocenters. The van der Waals surface area contributed by atoms with Crippen LogP contribution in [0.15, 0.2) is 48.5 Å². The lowest BCUT2D eigenvalue weighted by molar-refractivity contribution is -0.147. The molecule has 2 aliphatic heterocycles. The highest BCUT2D eigenvalue weighted by Crippen LogP contribution is 2.37. The summed E-state index contributed by atoms with van der Waals surface area (Å²) in [6.07, 6.45) is 0.247. The van der Waals surface area contributed by atoms with Crippen molar-refractivity contribution in [3.05, 3.63) is 70.8 Å². The Hall–Kier alpha value is -5.51. The Morgan fingerprint density at radius 1 is 0.797 bits per heavy atom. The Bertz CT molecular complexity index is 2020. The number of benzene rings is 2. The van der Waals surface area contributed by atoms with Crippen LogP contribution >= 0.6 is 0 Å². The first-order valence-electron chi connectivity index (χ1n) is 22.1. The molecular weight excluding hydrogens is 819 g/mol. The van der Waals surface area contributed by atoms with Crippen LogP contribution in [0.1, 0.15) is 104 Å². The van der Waals surface area contributed by atoms with E-state index in [0.29, 0.717) is 13.0 Å². The van der Waals surface area contributed by atoms with Gasteiger partial charge in [0.05, 0.1) is 13.7 Å². The molecule has 0 aliphatic carbocycles. The third-order valence-corrected chi connectivity index (χ3v) is 11.6. The Morgan fingerprint density at radius 2 is 1.39 bits per heavy atom. The fraction of sp³-hybridized carbons (Fsp3) is 0.604. The number of likely N-dealkylation sites (N-methyl/N-ethyl adjacent to an activating group) is 2. The maximum absolute atomic E-state index is 14.9. The number of rotatable bonds is 14. The fourth-order valence-corrected chi connectivity index (χ4v) is 8.16. The van der Waals surface area contributed by atoms with E-state index < -0.39 is 70.4 Å². The van der Waals surface area contributed by atoms with Gasteiger partial charge < -0.3 is 45.4 Å². The number of hydrogen-bond donors (Lipinski definition) is 4. The molecule has 2 unspecified atom stereocenters. The highest BCUT2D eigenvalue weighted by molar-refractivity contribution is 5.95. The fourth-order valence-electron chi connectivity index (χ4n) is 8.16. The first kappa shape index (κ1) is 51.1. The molecule has 2 aromatic carbocycles. The second kappa shape index (κ2) is 21.0. The second-order valence-electron chi connectivity index (χ2n) is 20.4. The molecular formula is C48H71N7O9. The van der Waals surface area contributed by atoms with Crippen molar-refractivity contribution in [2.45, 2.75) is 137 Å². The lowest BCUT2D eigenvalue weighted by Crippen LogP contribution is -2.59. The minimum absolute atomic E-state index is 0.0756. The third kappa shape index (κ3) is 13.5. The van der Waals surface area contributed by atoms with Gasteiger partial charge in [0.2, 0.25) is 29.5 Å². The van der Waals surface area contributed by atoms with E-state index in [9.17, 15) is 33.6 Å². The number of fused-ring (bicyclic) bond motifs is 1. The highest BCUT2D eigenvalue weighted by Gasteiger charge is 2.46. The number of amides is 6. The van der Waals surface area contributed by atoms with Crippen molar-refractivity contribution in [3.8, 4) is 0 Å². The van der Waals surface area contributed by atoms with E-state index in [2.05, 4.69) is 21.3 Å². The van der Waals surface area contributed by atoms with Gasteiger partial charge in [0.1, 0.15) is 36.3 Å². The van der Waals surface area contributed by atoms with Crippen molar-refractivity contribution < 1.29 is 43.0 Å². The number of ether oxygens (including phenoxy) is 2. The standard InChI is InChI=1S/C48H71N7O9/c1-29-21-31-19-20-32(23-33(31)26-54(29)42(59)39(46(2,3)4)51-37(56)25-49-11)34-24-36(41(58)50-35(44(61)63-13)22-30-17-15-14-16-18-30)55(27-34)43(60)40(47(5,6)7)52-38(57)28-53(12)45(62)64-48(8,9)10/h14-20,23,29,34-36,39-40,49H,21-22,24-28H2,1-13H3,(H,50,58)(H,51,56)(H,52,57)/t29?,34-,35-,36-,39?,40+/m0/s1. The Morgan fingerprint density at radius 3 is 1.95 bits per heavy atom. The molecule has 0 aromatic heterocycles. The predicted octanol–water partition coefficient (Wildman–Crippen LogP) is 3.69. The van der Waals surface area contributed by atoms with Crippen LogP contribution in [-0.4, -0.2) is 133 Å². The summed E-state index contributed by atoms with van der Waals surface area (Å²) in [7, 11) is 4.35. The number of carbonyl (C=O) groups is 7. The monoisotopic (exact) mass is 890 g/mol. The van der Waals surface area contributed by atoms with Crippen LogP contribution < -0.4 is 21.3 Å². The molecule has 16 heteroatoms. The SMILES string of the molecule is CNCC(=O)NC(C(=O)N1Cc2cc([C@H]3C[C@@H](C(=O)N[C@@H](Cc4ccccc4)C(=O)OC)N(C(=O)[C@@H](NC(=O)CN(C)C(=O)OC(C)(C)C)C(C)(C)C)C3)ccc2CC1C)C(C)(C)C. The quantitative estimate of drug-likeness (QED) is 0.203. The average Bonchev–Trinajstić information content (AvgIpc) is 3.65. The zero-order chi connectivity index (χ0) is 47.9. The Labute approximate surface area is 378 Å². The van der Waals surface area contributed by atoms with Gasteiger partial charge in [0.15, 0.2) is 0 Å². The van der Waals surface area contributed by atoms with E-state index in [-0.39, 0.29) is 56.3 Å². The van der Waals surface area contributed by atoms with E-state index in [1.165, 1.54) is 19.1 Å². The van der Waals surface area contributed by atoms with Crippen molar-refractivity contribution in [1.29, 1.82) is 0 Å². The smallest absolute Gasteiger partial charge is 0.410 e. The van der Waals surface area contributed by atoms with Crippen LogP contribution in [0.4, 0.5) is 4.79 Å². The first-order valence-corrected chi connectivity index (χ1v) is 22.1.